The van der Waals surface area contributed by atoms with Gasteiger partial charge in [0.25, 0.3) is 0 Å². The van der Waals surface area contributed by atoms with E-state index in [9.17, 15) is 21.6 Å². The lowest BCUT2D eigenvalue weighted by Crippen LogP contribution is -2.28. The van der Waals surface area contributed by atoms with Gasteiger partial charge in [0.15, 0.2) is 9.84 Å². The van der Waals surface area contributed by atoms with Crippen molar-refractivity contribution in [3.05, 3.63) is 29.8 Å². The van der Waals surface area contributed by atoms with Crippen LogP contribution in [0.4, 0.5) is 5.69 Å². The molecule has 1 fully saturated rings. The summed E-state index contributed by atoms with van der Waals surface area (Å²) in [6.45, 7) is 0. The van der Waals surface area contributed by atoms with Crippen molar-refractivity contribution in [2.24, 2.45) is 0 Å². The number of anilines is 1. The Morgan fingerprint density at radius 1 is 1.25 bits per heavy atom. The van der Waals surface area contributed by atoms with Crippen molar-refractivity contribution in [2.45, 2.75) is 11.7 Å². The lowest BCUT2D eigenvalue weighted by molar-refractivity contribution is 0.0697. The summed E-state index contributed by atoms with van der Waals surface area (Å²) in [5, 5.41) is 7.77. The maximum Gasteiger partial charge on any atom is 0.335 e. The number of hydrogen-bond acceptors (Lipinski definition) is 5. The molecule has 0 radical (unpaired) electrons. The van der Waals surface area contributed by atoms with Crippen LogP contribution >= 0.6 is 0 Å². The quantitative estimate of drug-likeness (QED) is 0.825. The third-order valence-corrected chi connectivity index (χ3v) is 6.80. The van der Waals surface area contributed by atoms with Crippen LogP contribution in [0.3, 0.4) is 0 Å². The van der Waals surface area contributed by atoms with Gasteiger partial charge in [0.05, 0.1) is 22.3 Å². The van der Waals surface area contributed by atoms with Crippen LogP contribution in [0, 0.1) is 0 Å². The van der Waals surface area contributed by atoms with Gasteiger partial charge in [-0.05, 0) is 30.7 Å². The summed E-state index contributed by atoms with van der Waals surface area (Å²) in [6, 6.07) is 5.19. The van der Waals surface area contributed by atoms with Gasteiger partial charge in [0.2, 0.25) is 10.0 Å². The first-order valence-corrected chi connectivity index (χ1v) is 9.12. The number of sulfone groups is 1. The monoisotopic (exact) mass is 319 g/mol. The standard InChI is InChI=1S/C11H13NO6S2/c13-11(14)8-1-3-9(4-2-8)12-20(17,18)10-5-6-19(15,16)7-10/h1-4,10,12H,5-7H2,(H,13,14). The number of sulfonamides is 1. The van der Waals surface area contributed by atoms with E-state index in [-0.39, 0.29) is 29.2 Å². The van der Waals surface area contributed by atoms with Crippen molar-refractivity contribution in [2.75, 3.05) is 16.2 Å². The number of carbonyl (C=O) groups is 1. The topological polar surface area (TPSA) is 118 Å². The molecule has 0 spiro atoms. The maximum atomic E-state index is 12.0. The SMILES string of the molecule is O=C(O)c1ccc(NS(=O)(=O)C2CCS(=O)(=O)C2)cc1. The highest BCUT2D eigenvalue weighted by Crippen LogP contribution is 2.21. The molecule has 1 atom stereocenters. The molecule has 1 unspecified atom stereocenters. The maximum absolute atomic E-state index is 12.0. The zero-order valence-electron chi connectivity index (χ0n) is 10.3. The van der Waals surface area contributed by atoms with Crippen molar-refractivity contribution >= 4 is 31.5 Å². The molecular weight excluding hydrogens is 306 g/mol. The van der Waals surface area contributed by atoms with Crippen molar-refractivity contribution < 1.29 is 26.7 Å². The lowest BCUT2D eigenvalue weighted by atomic mass is 10.2. The zero-order valence-corrected chi connectivity index (χ0v) is 11.9. The fourth-order valence-corrected chi connectivity index (χ4v) is 6.02. The first kappa shape index (κ1) is 14.8. The van der Waals surface area contributed by atoms with E-state index in [0.29, 0.717) is 0 Å². The largest absolute Gasteiger partial charge is 0.478 e. The number of aromatic carboxylic acids is 1. The minimum atomic E-state index is -3.79. The Balaban J connectivity index is 2.14. The van der Waals surface area contributed by atoms with Gasteiger partial charge >= 0.3 is 5.97 Å². The molecule has 0 aliphatic carbocycles. The Kier molecular flexibility index (Phi) is 3.74. The smallest absolute Gasteiger partial charge is 0.335 e. The summed E-state index contributed by atoms with van der Waals surface area (Å²) in [7, 11) is -7.08. The average Bonchev–Trinajstić information content (AvgIpc) is 2.70. The van der Waals surface area contributed by atoms with Crippen LogP contribution in [0.25, 0.3) is 0 Å². The third kappa shape index (κ3) is 3.28. The minimum Gasteiger partial charge on any atom is -0.478 e. The van der Waals surface area contributed by atoms with E-state index in [0.717, 1.165) is 0 Å². The molecule has 1 aromatic carbocycles. The molecule has 0 saturated carbocycles. The normalized spacial score (nSPS) is 21.5. The van der Waals surface area contributed by atoms with Gasteiger partial charge in [-0.25, -0.2) is 21.6 Å². The average molecular weight is 319 g/mol. The number of hydrogen-bond donors (Lipinski definition) is 2. The molecule has 20 heavy (non-hydrogen) atoms. The predicted octanol–water partition coefficient (Wildman–Crippen LogP) is 0.314. The van der Waals surface area contributed by atoms with Crippen molar-refractivity contribution in [3.8, 4) is 0 Å². The zero-order chi connectivity index (χ0) is 15.0. The highest BCUT2D eigenvalue weighted by atomic mass is 32.2. The summed E-state index contributed by atoms with van der Waals surface area (Å²) >= 11 is 0. The Morgan fingerprint density at radius 2 is 1.85 bits per heavy atom. The summed E-state index contributed by atoms with van der Waals surface area (Å²) in [5.41, 5.74) is 0.246. The van der Waals surface area contributed by atoms with E-state index < -0.39 is 31.1 Å². The molecule has 0 aromatic heterocycles. The number of rotatable bonds is 4. The molecule has 1 saturated heterocycles. The van der Waals surface area contributed by atoms with E-state index in [4.69, 9.17) is 5.11 Å². The summed E-state index contributed by atoms with van der Waals surface area (Å²) in [5.74, 6) is -1.62. The number of benzene rings is 1. The number of carboxylic acids is 1. The highest BCUT2D eigenvalue weighted by Gasteiger charge is 2.37. The Hall–Kier alpha value is -1.61. The second-order valence-corrected chi connectivity index (χ2v) is 8.74. The second kappa shape index (κ2) is 5.06. The molecule has 1 aliphatic heterocycles. The van der Waals surface area contributed by atoms with Crippen LogP contribution in [-0.4, -0.2) is 44.7 Å². The first-order chi connectivity index (χ1) is 9.20. The van der Waals surface area contributed by atoms with Gasteiger partial charge in [-0.3, -0.25) is 4.72 Å². The fourth-order valence-electron chi connectivity index (χ4n) is 1.93. The van der Waals surface area contributed by atoms with Gasteiger partial charge in [-0.2, -0.15) is 0 Å². The van der Waals surface area contributed by atoms with Crippen molar-refractivity contribution in [1.29, 1.82) is 0 Å². The van der Waals surface area contributed by atoms with Crippen LogP contribution < -0.4 is 4.72 Å². The predicted molar refractivity (Wildman–Crippen MR) is 73.0 cm³/mol. The van der Waals surface area contributed by atoms with Crippen molar-refractivity contribution in [1.82, 2.24) is 0 Å². The number of carboxylic acid groups (broad SMARTS) is 1. The highest BCUT2D eigenvalue weighted by molar-refractivity contribution is 7.97. The molecule has 110 valence electrons. The minimum absolute atomic E-state index is 0.0383. The fraction of sp³-hybridized carbons (Fsp3) is 0.364. The molecule has 1 aliphatic rings. The van der Waals surface area contributed by atoms with Crippen LogP contribution in [-0.2, 0) is 19.9 Å². The molecule has 7 nitrogen and oxygen atoms in total. The molecule has 2 N–H and O–H groups in total. The van der Waals surface area contributed by atoms with Crippen LogP contribution in [0.15, 0.2) is 24.3 Å². The van der Waals surface area contributed by atoms with E-state index in [1.54, 1.807) is 0 Å². The van der Waals surface area contributed by atoms with Crippen LogP contribution in [0.5, 0.6) is 0 Å². The summed E-state index contributed by atoms with van der Waals surface area (Å²) in [6.07, 6.45) is 0.0743. The van der Waals surface area contributed by atoms with E-state index in [1.165, 1.54) is 24.3 Å². The molecule has 1 aromatic rings. The van der Waals surface area contributed by atoms with Gasteiger partial charge in [-0.15, -0.1) is 0 Å². The van der Waals surface area contributed by atoms with E-state index in [1.807, 2.05) is 0 Å². The second-order valence-electron chi connectivity index (χ2n) is 4.55. The Bertz CT molecular complexity index is 721. The summed E-state index contributed by atoms with van der Waals surface area (Å²) in [4.78, 5) is 10.7. The lowest BCUT2D eigenvalue weighted by Gasteiger charge is -2.12. The molecule has 9 heteroatoms. The first-order valence-electron chi connectivity index (χ1n) is 5.75. The van der Waals surface area contributed by atoms with Crippen LogP contribution in [0.1, 0.15) is 16.8 Å². The Labute approximate surface area is 116 Å². The van der Waals surface area contributed by atoms with Crippen molar-refractivity contribution in [3.63, 3.8) is 0 Å². The van der Waals surface area contributed by atoms with Gasteiger partial charge in [0.1, 0.15) is 0 Å². The van der Waals surface area contributed by atoms with Gasteiger partial charge in [0, 0.05) is 5.69 Å². The van der Waals surface area contributed by atoms with E-state index >= 15 is 0 Å². The van der Waals surface area contributed by atoms with Crippen LogP contribution in [0.2, 0.25) is 0 Å². The summed E-state index contributed by atoms with van der Waals surface area (Å²) < 4.78 is 48.9. The number of nitrogens with one attached hydrogen (secondary N) is 1. The molecule has 0 amide bonds. The Morgan fingerprint density at radius 3 is 2.30 bits per heavy atom. The van der Waals surface area contributed by atoms with Gasteiger partial charge in [-0.1, -0.05) is 0 Å². The van der Waals surface area contributed by atoms with Gasteiger partial charge < -0.3 is 5.11 Å². The molecule has 0 bridgehead atoms. The molecule has 2 rings (SSSR count). The van der Waals surface area contributed by atoms with E-state index in [2.05, 4.69) is 4.72 Å². The third-order valence-electron chi connectivity index (χ3n) is 3.02. The molecule has 1 heterocycles. The molecular formula is C11H13NO6S2.